The van der Waals surface area contributed by atoms with E-state index >= 15 is 0 Å². The van der Waals surface area contributed by atoms with Crippen molar-refractivity contribution in [3.05, 3.63) is 46.0 Å². The molecule has 0 aliphatic heterocycles. The zero-order valence-electron chi connectivity index (χ0n) is 10.5. The largest absolute Gasteiger partial charge is 0.264 e. The van der Waals surface area contributed by atoms with E-state index in [9.17, 15) is 10.1 Å². The summed E-state index contributed by atoms with van der Waals surface area (Å²) in [5.41, 5.74) is 1.09. The highest BCUT2D eigenvalue weighted by Gasteiger charge is 2.24. The quantitative estimate of drug-likeness (QED) is 0.595. The number of benzene rings is 1. The van der Waals surface area contributed by atoms with Gasteiger partial charge in [0.2, 0.25) is 6.54 Å². The van der Waals surface area contributed by atoms with E-state index in [4.69, 9.17) is 0 Å². The van der Waals surface area contributed by atoms with Crippen molar-refractivity contribution >= 4 is 11.8 Å². The Morgan fingerprint density at radius 2 is 1.89 bits per heavy atom. The van der Waals surface area contributed by atoms with Gasteiger partial charge in [0.1, 0.15) is 0 Å². The second-order valence-corrected chi connectivity index (χ2v) is 6.32. The van der Waals surface area contributed by atoms with E-state index in [1.807, 2.05) is 30.3 Å². The van der Waals surface area contributed by atoms with Crippen molar-refractivity contribution in [2.45, 2.75) is 42.6 Å². The highest BCUT2D eigenvalue weighted by molar-refractivity contribution is 8.00. The molecular weight excluding hydrogens is 246 g/mol. The molecule has 1 aliphatic rings. The van der Waals surface area contributed by atoms with Gasteiger partial charge in [0.05, 0.1) is 5.25 Å². The van der Waals surface area contributed by atoms with Crippen LogP contribution in [-0.2, 0) is 0 Å². The molecule has 1 aromatic carbocycles. The molecule has 0 aromatic heterocycles. The van der Waals surface area contributed by atoms with Crippen molar-refractivity contribution in [3.8, 4) is 0 Å². The van der Waals surface area contributed by atoms with E-state index in [1.165, 1.54) is 32.1 Å². The average molecular weight is 265 g/mol. The van der Waals surface area contributed by atoms with Crippen LogP contribution in [0.1, 0.15) is 42.9 Å². The Morgan fingerprint density at radius 1 is 1.22 bits per heavy atom. The minimum Gasteiger partial charge on any atom is -0.264 e. The normalized spacial score (nSPS) is 18.4. The van der Waals surface area contributed by atoms with Gasteiger partial charge in [-0.1, -0.05) is 49.6 Å². The van der Waals surface area contributed by atoms with Crippen LogP contribution in [0.25, 0.3) is 0 Å². The van der Waals surface area contributed by atoms with Gasteiger partial charge in [-0.25, -0.2) is 0 Å². The van der Waals surface area contributed by atoms with Crippen LogP contribution in [-0.4, -0.2) is 16.7 Å². The molecule has 0 saturated heterocycles. The van der Waals surface area contributed by atoms with E-state index < -0.39 is 0 Å². The molecule has 0 amide bonds. The Kier molecular flexibility index (Phi) is 5.05. The lowest BCUT2D eigenvalue weighted by Gasteiger charge is -2.24. The van der Waals surface area contributed by atoms with Crippen molar-refractivity contribution in [3.63, 3.8) is 0 Å². The Balaban J connectivity index is 2.02. The fourth-order valence-electron chi connectivity index (χ4n) is 2.46. The Labute approximate surface area is 112 Å². The van der Waals surface area contributed by atoms with Crippen molar-refractivity contribution in [2.24, 2.45) is 0 Å². The smallest absolute Gasteiger partial charge is 0.219 e. The fraction of sp³-hybridized carbons (Fsp3) is 0.571. The van der Waals surface area contributed by atoms with Crippen LogP contribution >= 0.6 is 11.8 Å². The first kappa shape index (κ1) is 13.4. The first-order chi connectivity index (χ1) is 8.75. The molecule has 0 spiro atoms. The van der Waals surface area contributed by atoms with E-state index in [0.717, 1.165) is 5.56 Å². The van der Waals surface area contributed by atoms with Gasteiger partial charge in [-0.3, -0.25) is 10.1 Å². The highest BCUT2D eigenvalue weighted by Crippen LogP contribution is 2.38. The number of hydrogen-bond acceptors (Lipinski definition) is 3. The number of rotatable bonds is 5. The summed E-state index contributed by atoms with van der Waals surface area (Å²) in [7, 11) is 0. The molecule has 98 valence electrons. The van der Waals surface area contributed by atoms with Crippen LogP contribution in [0.2, 0.25) is 0 Å². The molecule has 1 unspecified atom stereocenters. The van der Waals surface area contributed by atoms with E-state index in [2.05, 4.69) is 0 Å². The van der Waals surface area contributed by atoms with Crippen LogP contribution in [0, 0.1) is 10.1 Å². The molecule has 4 heteroatoms. The molecule has 0 radical (unpaired) electrons. The van der Waals surface area contributed by atoms with Crippen LogP contribution in [0.4, 0.5) is 0 Å². The Bertz CT molecular complexity index is 377. The average Bonchev–Trinajstić information content (AvgIpc) is 2.40. The Hall–Kier alpha value is -1.03. The molecule has 1 saturated carbocycles. The van der Waals surface area contributed by atoms with Crippen molar-refractivity contribution < 1.29 is 4.92 Å². The third-order valence-corrected chi connectivity index (χ3v) is 5.00. The molecule has 3 nitrogen and oxygen atoms in total. The lowest BCUT2D eigenvalue weighted by Crippen LogP contribution is -2.16. The summed E-state index contributed by atoms with van der Waals surface area (Å²) < 4.78 is 0. The number of nitrogens with zero attached hydrogens (tertiary/aromatic N) is 1. The topological polar surface area (TPSA) is 43.1 Å². The zero-order chi connectivity index (χ0) is 12.8. The molecule has 1 aromatic rings. The summed E-state index contributed by atoms with van der Waals surface area (Å²) in [4.78, 5) is 10.6. The summed E-state index contributed by atoms with van der Waals surface area (Å²) in [5.74, 6) is 0. The third-order valence-electron chi connectivity index (χ3n) is 3.40. The predicted octanol–water partition coefficient (Wildman–Crippen LogP) is 4.07. The minimum atomic E-state index is -0.187. The first-order valence-corrected chi connectivity index (χ1v) is 7.52. The number of nitro groups is 1. The number of thioether (sulfide) groups is 1. The summed E-state index contributed by atoms with van der Waals surface area (Å²) in [6, 6.07) is 9.89. The van der Waals surface area contributed by atoms with Crippen molar-refractivity contribution in [1.29, 1.82) is 0 Å². The molecule has 1 fully saturated rings. The van der Waals surface area contributed by atoms with Crippen molar-refractivity contribution in [1.82, 2.24) is 0 Å². The standard InChI is InChI=1S/C14H19NO2S/c16-15(17)11-14(12-7-3-1-4-8-12)18-13-9-5-2-6-10-13/h1,3-4,7-8,13-14H,2,5-6,9-11H2. The monoisotopic (exact) mass is 265 g/mol. The fourth-order valence-corrected chi connectivity index (χ4v) is 4.06. The van der Waals surface area contributed by atoms with Gasteiger partial charge >= 0.3 is 0 Å². The van der Waals surface area contributed by atoms with Gasteiger partial charge < -0.3 is 0 Å². The van der Waals surface area contributed by atoms with Gasteiger partial charge in [-0.15, -0.1) is 11.8 Å². The minimum absolute atomic E-state index is 0.00398. The molecule has 2 rings (SSSR count). The van der Waals surface area contributed by atoms with Gasteiger partial charge in [0.15, 0.2) is 0 Å². The molecule has 1 atom stereocenters. The van der Waals surface area contributed by atoms with E-state index in [0.29, 0.717) is 5.25 Å². The molecular formula is C14H19NO2S. The van der Waals surface area contributed by atoms with E-state index in [-0.39, 0.29) is 16.7 Å². The third kappa shape index (κ3) is 4.02. The first-order valence-electron chi connectivity index (χ1n) is 6.58. The van der Waals surface area contributed by atoms with Crippen LogP contribution in [0.5, 0.6) is 0 Å². The second-order valence-electron chi connectivity index (χ2n) is 4.81. The zero-order valence-corrected chi connectivity index (χ0v) is 11.3. The molecule has 0 N–H and O–H groups in total. The molecule has 1 aliphatic carbocycles. The summed E-state index contributed by atoms with van der Waals surface area (Å²) >= 11 is 1.81. The van der Waals surface area contributed by atoms with Crippen LogP contribution < -0.4 is 0 Å². The van der Waals surface area contributed by atoms with Gasteiger partial charge in [0, 0.05) is 10.2 Å². The summed E-state index contributed by atoms with van der Waals surface area (Å²) in [6.45, 7) is 0.0329. The summed E-state index contributed by atoms with van der Waals surface area (Å²) in [5, 5.41) is 11.4. The predicted molar refractivity (Wildman–Crippen MR) is 75.5 cm³/mol. The van der Waals surface area contributed by atoms with E-state index in [1.54, 1.807) is 11.8 Å². The van der Waals surface area contributed by atoms with Gasteiger partial charge in [-0.2, -0.15) is 0 Å². The maximum Gasteiger partial charge on any atom is 0.219 e. The molecule has 0 bridgehead atoms. The number of hydrogen-bond donors (Lipinski definition) is 0. The van der Waals surface area contributed by atoms with Crippen LogP contribution in [0.3, 0.4) is 0 Å². The van der Waals surface area contributed by atoms with Crippen LogP contribution in [0.15, 0.2) is 30.3 Å². The molecule has 0 heterocycles. The maximum absolute atomic E-state index is 10.8. The maximum atomic E-state index is 10.8. The SMILES string of the molecule is O=[N+]([O-])CC(SC1CCCCC1)c1ccccc1. The van der Waals surface area contributed by atoms with Gasteiger partial charge in [0.25, 0.3) is 0 Å². The summed E-state index contributed by atoms with van der Waals surface area (Å²) in [6.07, 6.45) is 6.30. The molecule has 18 heavy (non-hydrogen) atoms. The van der Waals surface area contributed by atoms with Gasteiger partial charge in [-0.05, 0) is 18.4 Å². The highest BCUT2D eigenvalue weighted by atomic mass is 32.2. The second kappa shape index (κ2) is 6.78. The lowest BCUT2D eigenvalue weighted by atomic mass is 10.0. The lowest BCUT2D eigenvalue weighted by molar-refractivity contribution is -0.479. The Morgan fingerprint density at radius 3 is 2.50 bits per heavy atom. The van der Waals surface area contributed by atoms with Crippen molar-refractivity contribution in [2.75, 3.05) is 6.54 Å².